The molecule has 0 atom stereocenters. The van der Waals surface area contributed by atoms with Crippen molar-refractivity contribution >= 4 is 33.2 Å². The molecule has 2 aromatic carbocycles. The molecule has 0 radical (unpaired) electrons. The number of nitriles is 1. The summed E-state index contributed by atoms with van der Waals surface area (Å²) in [6.07, 6.45) is 1.42. The van der Waals surface area contributed by atoms with Gasteiger partial charge in [0, 0.05) is 22.0 Å². The minimum Gasteiger partial charge on any atom is -0.360 e. The molecule has 0 spiro atoms. The first-order valence-electron chi connectivity index (χ1n) is 7.42. The molecule has 0 bridgehead atoms. The molecule has 5 heteroatoms. The van der Waals surface area contributed by atoms with Crippen LogP contribution in [-0.4, -0.2) is 5.91 Å². The van der Waals surface area contributed by atoms with Gasteiger partial charge in [-0.2, -0.15) is 5.26 Å². The van der Waals surface area contributed by atoms with E-state index in [9.17, 15) is 10.1 Å². The molecule has 4 nitrogen and oxygen atoms in total. The first kappa shape index (κ1) is 17.8. The summed E-state index contributed by atoms with van der Waals surface area (Å²) in [6, 6.07) is 13.4. The molecule has 0 saturated carbocycles. The Morgan fingerprint density at radius 1 is 1.12 bits per heavy atom. The second-order valence-corrected chi connectivity index (χ2v) is 6.40. The van der Waals surface area contributed by atoms with Crippen molar-refractivity contribution < 1.29 is 4.79 Å². The summed E-state index contributed by atoms with van der Waals surface area (Å²) in [6.45, 7) is 5.88. The lowest BCUT2D eigenvalue weighted by Gasteiger charge is -2.09. The van der Waals surface area contributed by atoms with Crippen molar-refractivity contribution in [1.29, 1.82) is 5.26 Å². The number of carbonyl (C=O) groups excluding carboxylic acids is 1. The summed E-state index contributed by atoms with van der Waals surface area (Å²) in [5.41, 5.74) is 4.65. The van der Waals surface area contributed by atoms with E-state index in [0.717, 1.165) is 26.9 Å². The van der Waals surface area contributed by atoms with Crippen LogP contribution < -0.4 is 10.6 Å². The van der Waals surface area contributed by atoms with E-state index in [0.29, 0.717) is 5.69 Å². The number of benzene rings is 2. The predicted octanol–water partition coefficient (Wildman–Crippen LogP) is 4.83. The number of rotatable bonds is 4. The zero-order valence-corrected chi connectivity index (χ0v) is 15.4. The fourth-order valence-corrected chi connectivity index (χ4v) is 2.43. The van der Waals surface area contributed by atoms with E-state index in [1.807, 2.05) is 63.2 Å². The van der Waals surface area contributed by atoms with Crippen LogP contribution in [0.1, 0.15) is 16.7 Å². The van der Waals surface area contributed by atoms with E-state index < -0.39 is 5.91 Å². The first-order valence-corrected chi connectivity index (χ1v) is 8.21. The molecule has 0 aliphatic carbocycles. The van der Waals surface area contributed by atoms with Crippen LogP contribution >= 0.6 is 15.9 Å². The Kier molecular flexibility index (Phi) is 5.78. The molecule has 1 amide bonds. The highest BCUT2D eigenvalue weighted by molar-refractivity contribution is 9.10. The van der Waals surface area contributed by atoms with Crippen molar-refractivity contribution in [1.82, 2.24) is 0 Å². The fraction of sp³-hybridized carbons (Fsp3) is 0.158. The van der Waals surface area contributed by atoms with Crippen LogP contribution in [0.5, 0.6) is 0 Å². The summed E-state index contributed by atoms with van der Waals surface area (Å²) < 4.78 is 1.00. The second-order valence-electron chi connectivity index (χ2n) is 5.55. The molecule has 2 aromatic rings. The smallest absolute Gasteiger partial charge is 0.267 e. The fourth-order valence-electron chi connectivity index (χ4n) is 2.18. The topological polar surface area (TPSA) is 64.9 Å². The minimum absolute atomic E-state index is 0.00977. The number of nitrogens with zero attached hydrogens (tertiary/aromatic N) is 1. The quantitative estimate of drug-likeness (QED) is 0.586. The molecule has 0 fully saturated rings. The first-order chi connectivity index (χ1) is 11.4. The van der Waals surface area contributed by atoms with Crippen LogP contribution in [0.25, 0.3) is 0 Å². The van der Waals surface area contributed by atoms with Gasteiger partial charge >= 0.3 is 0 Å². The third kappa shape index (κ3) is 4.46. The molecule has 0 aliphatic heterocycles. The van der Waals surface area contributed by atoms with Crippen molar-refractivity contribution in [3.05, 3.63) is 69.3 Å². The second kappa shape index (κ2) is 7.80. The molecule has 2 rings (SSSR count). The van der Waals surface area contributed by atoms with Crippen LogP contribution in [-0.2, 0) is 4.79 Å². The highest BCUT2D eigenvalue weighted by Gasteiger charge is 2.10. The predicted molar refractivity (Wildman–Crippen MR) is 101 cm³/mol. The molecular formula is C19H18BrN3O. The van der Waals surface area contributed by atoms with Gasteiger partial charge in [0.05, 0.1) is 0 Å². The Labute approximate surface area is 150 Å². The zero-order chi connectivity index (χ0) is 17.7. The van der Waals surface area contributed by atoms with E-state index in [1.165, 1.54) is 6.20 Å². The maximum Gasteiger partial charge on any atom is 0.267 e. The molecule has 2 N–H and O–H groups in total. The maximum absolute atomic E-state index is 12.3. The van der Waals surface area contributed by atoms with Gasteiger partial charge in [0.1, 0.15) is 11.6 Å². The monoisotopic (exact) mass is 383 g/mol. The van der Waals surface area contributed by atoms with Crippen molar-refractivity contribution in [2.45, 2.75) is 20.8 Å². The highest BCUT2D eigenvalue weighted by Crippen LogP contribution is 2.20. The molecule has 24 heavy (non-hydrogen) atoms. The number of hydrogen-bond donors (Lipinski definition) is 2. The van der Waals surface area contributed by atoms with Gasteiger partial charge in [-0.15, -0.1) is 0 Å². The van der Waals surface area contributed by atoms with Gasteiger partial charge < -0.3 is 10.6 Å². The average Bonchev–Trinajstić information content (AvgIpc) is 2.54. The van der Waals surface area contributed by atoms with Crippen LogP contribution in [0.4, 0.5) is 11.4 Å². The summed E-state index contributed by atoms with van der Waals surface area (Å²) >= 11 is 3.44. The van der Waals surface area contributed by atoms with Crippen LogP contribution in [0.3, 0.4) is 0 Å². The number of carbonyl (C=O) groups is 1. The highest BCUT2D eigenvalue weighted by atomic mass is 79.9. The third-order valence-electron chi connectivity index (χ3n) is 3.54. The van der Waals surface area contributed by atoms with Gasteiger partial charge in [0.15, 0.2) is 0 Å². The number of aryl methyl sites for hydroxylation is 3. The SMILES string of the molecule is Cc1ccc(NC(=O)/C(C#N)=C\Nc2ccc(Br)c(C)c2)c(C)c1. The molecule has 0 unspecified atom stereocenters. The lowest BCUT2D eigenvalue weighted by molar-refractivity contribution is -0.112. The van der Waals surface area contributed by atoms with Gasteiger partial charge in [-0.05, 0) is 56.2 Å². The molecular weight excluding hydrogens is 366 g/mol. The van der Waals surface area contributed by atoms with Crippen molar-refractivity contribution in [2.75, 3.05) is 10.6 Å². The lowest BCUT2D eigenvalue weighted by atomic mass is 10.1. The molecule has 0 aromatic heterocycles. The number of anilines is 2. The van der Waals surface area contributed by atoms with Crippen molar-refractivity contribution in [2.24, 2.45) is 0 Å². The number of hydrogen-bond acceptors (Lipinski definition) is 3. The Balaban J connectivity index is 2.13. The van der Waals surface area contributed by atoms with E-state index in [1.54, 1.807) is 0 Å². The van der Waals surface area contributed by atoms with Gasteiger partial charge in [0.2, 0.25) is 0 Å². The maximum atomic E-state index is 12.3. The van der Waals surface area contributed by atoms with Crippen LogP contribution in [0, 0.1) is 32.1 Å². The van der Waals surface area contributed by atoms with Gasteiger partial charge in [-0.3, -0.25) is 4.79 Å². The molecule has 122 valence electrons. The summed E-state index contributed by atoms with van der Waals surface area (Å²) in [7, 11) is 0. The standard InChI is InChI=1S/C19H18BrN3O/c1-12-4-7-18(14(3)8-12)23-19(24)15(10-21)11-22-16-5-6-17(20)13(2)9-16/h4-9,11,22H,1-3H3,(H,23,24)/b15-11-. The number of amides is 1. The lowest BCUT2D eigenvalue weighted by Crippen LogP contribution is -2.15. The average molecular weight is 384 g/mol. The Hall–Kier alpha value is -2.58. The number of halogens is 1. The van der Waals surface area contributed by atoms with Gasteiger partial charge in [0.25, 0.3) is 5.91 Å². The van der Waals surface area contributed by atoms with Crippen LogP contribution in [0.15, 0.2) is 52.6 Å². The van der Waals surface area contributed by atoms with Gasteiger partial charge in [-0.1, -0.05) is 33.6 Å². The normalized spacial score (nSPS) is 10.9. The van der Waals surface area contributed by atoms with E-state index in [2.05, 4.69) is 26.6 Å². The van der Waals surface area contributed by atoms with E-state index in [-0.39, 0.29) is 5.57 Å². The summed E-state index contributed by atoms with van der Waals surface area (Å²) in [4.78, 5) is 12.3. The number of nitrogens with one attached hydrogen (secondary N) is 2. The van der Waals surface area contributed by atoms with Crippen LogP contribution in [0.2, 0.25) is 0 Å². The largest absolute Gasteiger partial charge is 0.360 e. The van der Waals surface area contributed by atoms with E-state index >= 15 is 0 Å². The molecule has 0 saturated heterocycles. The Bertz CT molecular complexity index is 850. The summed E-state index contributed by atoms with van der Waals surface area (Å²) in [5, 5.41) is 15.0. The Morgan fingerprint density at radius 3 is 2.50 bits per heavy atom. The van der Waals surface area contributed by atoms with E-state index in [4.69, 9.17) is 0 Å². The third-order valence-corrected chi connectivity index (χ3v) is 4.43. The molecule has 0 aliphatic rings. The molecule has 0 heterocycles. The van der Waals surface area contributed by atoms with Crippen molar-refractivity contribution in [3.63, 3.8) is 0 Å². The van der Waals surface area contributed by atoms with Crippen molar-refractivity contribution in [3.8, 4) is 6.07 Å². The minimum atomic E-state index is -0.439. The zero-order valence-electron chi connectivity index (χ0n) is 13.8. The summed E-state index contributed by atoms with van der Waals surface area (Å²) in [5.74, 6) is -0.439. The van der Waals surface area contributed by atoms with Gasteiger partial charge in [-0.25, -0.2) is 0 Å². The Morgan fingerprint density at radius 2 is 1.88 bits per heavy atom.